The summed E-state index contributed by atoms with van der Waals surface area (Å²) in [7, 11) is 0. The van der Waals surface area contributed by atoms with Gasteiger partial charge in [-0.2, -0.15) is 4.89 Å². The highest BCUT2D eigenvalue weighted by atomic mass is 17.2. The second kappa shape index (κ2) is 6.02. The lowest BCUT2D eigenvalue weighted by molar-refractivity contribution is -0.417. The van der Waals surface area contributed by atoms with Crippen molar-refractivity contribution in [1.82, 2.24) is 0 Å². The van der Waals surface area contributed by atoms with Crippen molar-refractivity contribution < 1.29 is 24.4 Å². The van der Waals surface area contributed by atoms with Gasteiger partial charge < -0.3 is 9.84 Å². The highest BCUT2D eigenvalue weighted by molar-refractivity contribution is 5.57. The summed E-state index contributed by atoms with van der Waals surface area (Å²) in [6.07, 6.45) is -0.462. The average molecular weight is 246 g/mol. The molecule has 5 heteroatoms. The molecule has 0 heterocycles. The molecule has 0 aliphatic heterocycles. The molecule has 0 aliphatic rings. The van der Waals surface area contributed by atoms with Crippen LogP contribution in [0.25, 0.3) is 0 Å². The molecular formula is C12H22O5. The third-order valence-electron chi connectivity index (χ3n) is 3.27. The average Bonchev–Trinajstić information content (AvgIpc) is 2.23. The van der Waals surface area contributed by atoms with Crippen molar-refractivity contribution in [2.45, 2.75) is 52.9 Å². The summed E-state index contributed by atoms with van der Waals surface area (Å²) >= 11 is 0. The van der Waals surface area contributed by atoms with Crippen molar-refractivity contribution in [1.29, 1.82) is 0 Å². The normalized spacial score (nSPS) is 14.2. The van der Waals surface area contributed by atoms with Crippen molar-refractivity contribution in [2.24, 2.45) is 5.41 Å². The van der Waals surface area contributed by atoms with E-state index < -0.39 is 18.0 Å². The summed E-state index contributed by atoms with van der Waals surface area (Å²) in [5.41, 5.74) is -0.702. The molecule has 0 aromatic heterocycles. The molecule has 17 heavy (non-hydrogen) atoms. The van der Waals surface area contributed by atoms with E-state index in [1.165, 1.54) is 6.08 Å². The smallest absolute Gasteiger partial charge is 0.450 e. The summed E-state index contributed by atoms with van der Waals surface area (Å²) in [6.45, 7) is 13.3. The first-order valence-electron chi connectivity index (χ1n) is 5.53. The maximum absolute atomic E-state index is 10.3. The highest BCUT2D eigenvalue weighted by Gasteiger charge is 2.38. The Balaban J connectivity index is 4.43. The van der Waals surface area contributed by atoms with Crippen molar-refractivity contribution in [2.75, 3.05) is 0 Å². The Labute approximate surface area is 102 Å². The van der Waals surface area contributed by atoms with Crippen LogP contribution in [-0.4, -0.2) is 23.2 Å². The minimum atomic E-state index is -1.44. The van der Waals surface area contributed by atoms with E-state index in [0.29, 0.717) is 0 Å². The second-order valence-electron chi connectivity index (χ2n) is 4.92. The maximum Gasteiger partial charge on any atom is 0.508 e. The van der Waals surface area contributed by atoms with Crippen LogP contribution in [0.2, 0.25) is 0 Å². The Kier molecular flexibility index (Phi) is 5.64. The van der Waals surface area contributed by atoms with Crippen LogP contribution in [0, 0.1) is 5.41 Å². The Bertz CT molecular complexity index is 270. The van der Waals surface area contributed by atoms with Crippen LogP contribution in [0.1, 0.15) is 41.0 Å². The van der Waals surface area contributed by atoms with Crippen LogP contribution in [-0.2, 0) is 14.5 Å². The first-order chi connectivity index (χ1) is 7.66. The summed E-state index contributed by atoms with van der Waals surface area (Å²) in [6, 6.07) is 0. The number of hydrogen-bond donors (Lipinski definition) is 1. The van der Waals surface area contributed by atoms with Crippen molar-refractivity contribution in [3.8, 4) is 0 Å². The molecule has 0 aromatic rings. The first kappa shape index (κ1) is 15.9. The molecule has 0 amide bonds. The zero-order valence-corrected chi connectivity index (χ0v) is 11.1. The SMILES string of the molecule is C=CC(OOC(C)(C)C(C)(C)CC)OC(=O)O. The van der Waals surface area contributed by atoms with Gasteiger partial charge in [-0.05, 0) is 31.8 Å². The zero-order valence-electron chi connectivity index (χ0n) is 11.1. The van der Waals surface area contributed by atoms with Crippen molar-refractivity contribution in [3.05, 3.63) is 12.7 Å². The largest absolute Gasteiger partial charge is 0.508 e. The zero-order chi connectivity index (χ0) is 13.7. The molecule has 0 aliphatic carbocycles. The fourth-order valence-electron chi connectivity index (χ4n) is 0.913. The van der Waals surface area contributed by atoms with E-state index in [2.05, 4.69) is 11.3 Å². The molecule has 0 saturated heterocycles. The number of carbonyl (C=O) groups is 1. The van der Waals surface area contributed by atoms with Gasteiger partial charge in [-0.15, -0.1) is 0 Å². The number of hydrogen-bond acceptors (Lipinski definition) is 4. The minimum absolute atomic E-state index is 0.123. The van der Waals surface area contributed by atoms with Gasteiger partial charge in [0.25, 0.3) is 6.29 Å². The van der Waals surface area contributed by atoms with Crippen LogP contribution < -0.4 is 0 Å². The summed E-state index contributed by atoms with van der Waals surface area (Å²) < 4.78 is 4.39. The molecule has 0 aromatic carbocycles. The molecule has 0 rings (SSSR count). The van der Waals surface area contributed by atoms with E-state index in [0.717, 1.165) is 6.42 Å². The quantitative estimate of drug-likeness (QED) is 0.245. The predicted molar refractivity (Wildman–Crippen MR) is 63.4 cm³/mol. The van der Waals surface area contributed by atoms with E-state index in [1.807, 2.05) is 34.6 Å². The van der Waals surface area contributed by atoms with Crippen molar-refractivity contribution in [3.63, 3.8) is 0 Å². The molecule has 0 fully saturated rings. The fraction of sp³-hybridized carbons (Fsp3) is 0.750. The third kappa shape index (κ3) is 4.75. The van der Waals surface area contributed by atoms with E-state index >= 15 is 0 Å². The van der Waals surface area contributed by atoms with Crippen LogP contribution >= 0.6 is 0 Å². The van der Waals surface area contributed by atoms with Gasteiger partial charge in [0.15, 0.2) is 0 Å². The maximum atomic E-state index is 10.3. The van der Waals surface area contributed by atoms with Crippen molar-refractivity contribution >= 4 is 6.16 Å². The van der Waals surface area contributed by atoms with Crippen LogP contribution in [0.3, 0.4) is 0 Å². The van der Waals surface area contributed by atoms with Gasteiger partial charge in [0.05, 0.1) is 0 Å². The number of rotatable bonds is 7. The van der Waals surface area contributed by atoms with Crippen LogP contribution in [0.15, 0.2) is 12.7 Å². The Hall–Kier alpha value is -1.07. The van der Waals surface area contributed by atoms with Crippen LogP contribution in [0.5, 0.6) is 0 Å². The second-order valence-corrected chi connectivity index (χ2v) is 4.92. The standard InChI is InChI=1S/C12H22O5/c1-7-9(15-10(13)14)16-17-12(5,6)11(3,4)8-2/h7,9H,1,8H2,2-6H3,(H,13,14). The molecule has 5 nitrogen and oxygen atoms in total. The predicted octanol–water partition coefficient (Wildman–Crippen LogP) is 3.36. The Morgan fingerprint density at radius 1 is 1.41 bits per heavy atom. The van der Waals surface area contributed by atoms with Gasteiger partial charge in [-0.3, -0.25) is 0 Å². The summed E-state index contributed by atoms with van der Waals surface area (Å²) in [5, 5.41) is 8.44. The van der Waals surface area contributed by atoms with Gasteiger partial charge in [0.1, 0.15) is 5.60 Å². The third-order valence-corrected chi connectivity index (χ3v) is 3.27. The molecule has 1 N–H and O–H groups in total. The molecule has 1 unspecified atom stereocenters. The first-order valence-corrected chi connectivity index (χ1v) is 5.53. The lowest BCUT2D eigenvalue weighted by Gasteiger charge is -2.39. The molecule has 0 bridgehead atoms. The molecule has 0 saturated carbocycles. The van der Waals surface area contributed by atoms with E-state index in [1.54, 1.807) is 0 Å². The summed E-state index contributed by atoms with van der Waals surface area (Å²) in [4.78, 5) is 20.6. The lowest BCUT2D eigenvalue weighted by Crippen LogP contribution is -2.42. The van der Waals surface area contributed by atoms with E-state index in [4.69, 9.17) is 14.9 Å². The molecule has 0 spiro atoms. The van der Waals surface area contributed by atoms with Crippen LogP contribution in [0.4, 0.5) is 4.79 Å². The molecule has 100 valence electrons. The Morgan fingerprint density at radius 3 is 2.29 bits per heavy atom. The molecule has 1 atom stereocenters. The fourth-order valence-corrected chi connectivity index (χ4v) is 0.913. The number of ether oxygens (including phenoxy) is 1. The monoisotopic (exact) mass is 246 g/mol. The van der Waals surface area contributed by atoms with E-state index in [9.17, 15) is 4.79 Å². The molecule has 0 radical (unpaired) electrons. The van der Waals surface area contributed by atoms with Gasteiger partial charge in [-0.25, -0.2) is 9.68 Å². The van der Waals surface area contributed by atoms with E-state index in [-0.39, 0.29) is 5.41 Å². The number of carboxylic acid groups (broad SMARTS) is 1. The van der Waals surface area contributed by atoms with Gasteiger partial charge in [0, 0.05) is 0 Å². The highest BCUT2D eigenvalue weighted by Crippen LogP contribution is 2.37. The lowest BCUT2D eigenvalue weighted by atomic mass is 9.75. The van der Waals surface area contributed by atoms with Gasteiger partial charge >= 0.3 is 6.16 Å². The minimum Gasteiger partial charge on any atom is -0.450 e. The summed E-state index contributed by atoms with van der Waals surface area (Å²) in [5.74, 6) is 0. The van der Waals surface area contributed by atoms with Gasteiger partial charge in [0.2, 0.25) is 0 Å². The topological polar surface area (TPSA) is 65.0 Å². The molecular weight excluding hydrogens is 224 g/mol. The van der Waals surface area contributed by atoms with Gasteiger partial charge in [-0.1, -0.05) is 27.4 Å². The Morgan fingerprint density at radius 2 is 1.94 bits per heavy atom.